The molecule has 1 saturated heterocycles. The predicted molar refractivity (Wildman–Crippen MR) is 65.0 cm³/mol. The molecule has 0 aliphatic carbocycles. The van der Waals surface area contributed by atoms with Crippen molar-refractivity contribution in [1.29, 1.82) is 0 Å². The van der Waals surface area contributed by atoms with Crippen molar-refractivity contribution in [2.24, 2.45) is 0 Å². The van der Waals surface area contributed by atoms with Crippen LogP contribution in [0.4, 0.5) is 5.69 Å². The summed E-state index contributed by atoms with van der Waals surface area (Å²) in [4.78, 5) is 2.26. The Hall–Kier alpha value is -1.06. The fourth-order valence-electron chi connectivity index (χ4n) is 2.15. The maximum Gasteiger partial charge on any atom is 0.0755 e. The van der Waals surface area contributed by atoms with Crippen molar-refractivity contribution >= 4 is 5.69 Å². The van der Waals surface area contributed by atoms with Crippen molar-refractivity contribution in [3.8, 4) is 0 Å². The van der Waals surface area contributed by atoms with E-state index in [0.717, 1.165) is 13.2 Å². The Morgan fingerprint density at radius 3 is 3.00 bits per heavy atom. The van der Waals surface area contributed by atoms with Gasteiger partial charge in [0.15, 0.2) is 0 Å². The second kappa shape index (κ2) is 4.85. The number of hydrogen-bond acceptors (Lipinski definition) is 3. The number of rotatable bonds is 2. The van der Waals surface area contributed by atoms with Gasteiger partial charge < -0.3 is 14.7 Å². The molecule has 1 heterocycles. The number of aliphatic hydroxyl groups excluding tert-OH is 1. The lowest BCUT2D eigenvalue weighted by molar-refractivity contribution is 0.0726. The highest BCUT2D eigenvalue weighted by Gasteiger charge is 2.23. The van der Waals surface area contributed by atoms with Gasteiger partial charge in [0, 0.05) is 12.2 Å². The van der Waals surface area contributed by atoms with E-state index >= 15 is 0 Å². The second-order valence-electron chi connectivity index (χ2n) is 4.39. The largest absolute Gasteiger partial charge is 0.394 e. The summed E-state index contributed by atoms with van der Waals surface area (Å²) in [6.45, 7) is 6.56. The molecule has 2 rings (SSSR count). The van der Waals surface area contributed by atoms with Crippen LogP contribution in [0.15, 0.2) is 18.2 Å². The third kappa shape index (κ3) is 2.20. The first-order chi connectivity index (χ1) is 7.72. The molecule has 1 aliphatic rings. The minimum absolute atomic E-state index is 0.0919. The summed E-state index contributed by atoms with van der Waals surface area (Å²) in [6, 6.07) is 6.53. The maximum absolute atomic E-state index is 9.36. The van der Waals surface area contributed by atoms with Gasteiger partial charge in [-0.05, 0) is 31.0 Å². The van der Waals surface area contributed by atoms with Crippen molar-refractivity contribution in [1.82, 2.24) is 0 Å². The highest BCUT2D eigenvalue weighted by Crippen LogP contribution is 2.24. The van der Waals surface area contributed by atoms with E-state index in [1.807, 2.05) is 0 Å². The molecular weight excluding hydrogens is 202 g/mol. The fourth-order valence-corrected chi connectivity index (χ4v) is 2.15. The lowest BCUT2D eigenvalue weighted by atomic mass is 10.1. The van der Waals surface area contributed by atoms with Crippen molar-refractivity contribution in [3.63, 3.8) is 0 Å². The minimum Gasteiger partial charge on any atom is -0.394 e. The molecule has 0 radical (unpaired) electrons. The first-order valence-corrected chi connectivity index (χ1v) is 5.75. The van der Waals surface area contributed by atoms with Crippen LogP contribution in [0, 0.1) is 13.8 Å². The summed E-state index contributed by atoms with van der Waals surface area (Å²) in [5.41, 5.74) is 3.73. The van der Waals surface area contributed by atoms with Crippen LogP contribution in [0.2, 0.25) is 0 Å². The number of hydrogen-bond donors (Lipinski definition) is 1. The van der Waals surface area contributed by atoms with Crippen LogP contribution < -0.4 is 4.90 Å². The Morgan fingerprint density at radius 1 is 1.44 bits per heavy atom. The molecule has 16 heavy (non-hydrogen) atoms. The molecule has 0 spiro atoms. The predicted octanol–water partition coefficient (Wildman–Crippen LogP) is 1.50. The van der Waals surface area contributed by atoms with E-state index in [1.54, 1.807) is 0 Å². The topological polar surface area (TPSA) is 32.7 Å². The zero-order chi connectivity index (χ0) is 11.5. The van der Waals surface area contributed by atoms with E-state index in [2.05, 4.69) is 36.9 Å². The first-order valence-electron chi connectivity index (χ1n) is 5.75. The second-order valence-corrected chi connectivity index (χ2v) is 4.39. The quantitative estimate of drug-likeness (QED) is 0.821. The van der Waals surface area contributed by atoms with E-state index in [1.165, 1.54) is 16.8 Å². The van der Waals surface area contributed by atoms with E-state index in [0.29, 0.717) is 6.61 Å². The summed E-state index contributed by atoms with van der Waals surface area (Å²) >= 11 is 0. The van der Waals surface area contributed by atoms with Crippen LogP contribution in [-0.2, 0) is 4.74 Å². The maximum atomic E-state index is 9.36. The Morgan fingerprint density at radius 2 is 2.25 bits per heavy atom. The van der Waals surface area contributed by atoms with E-state index in [-0.39, 0.29) is 12.6 Å². The third-order valence-electron chi connectivity index (χ3n) is 3.11. The molecule has 3 heteroatoms. The number of ether oxygens (including phenoxy) is 1. The van der Waals surface area contributed by atoms with Crippen molar-refractivity contribution in [2.75, 3.05) is 31.3 Å². The first kappa shape index (κ1) is 11.4. The molecule has 0 saturated carbocycles. The average Bonchev–Trinajstić information content (AvgIpc) is 2.32. The monoisotopic (exact) mass is 221 g/mol. The van der Waals surface area contributed by atoms with Crippen molar-refractivity contribution in [2.45, 2.75) is 19.9 Å². The smallest absolute Gasteiger partial charge is 0.0755 e. The van der Waals surface area contributed by atoms with E-state index < -0.39 is 0 Å². The van der Waals surface area contributed by atoms with Gasteiger partial charge in [0.25, 0.3) is 0 Å². The minimum atomic E-state index is 0.0919. The summed E-state index contributed by atoms with van der Waals surface area (Å²) in [7, 11) is 0. The molecule has 1 atom stereocenters. The molecule has 1 fully saturated rings. The standard InChI is InChI=1S/C13H19NO2/c1-10-3-4-11(2)13(7-10)14-5-6-16-9-12(14)8-15/h3-4,7,12,15H,5-6,8-9H2,1-2H3. The van der Waals surface area contributed by atoms with Gasteiger partial charge in [-0.25, -0.2) is 0 Å². The third-order valence-corrected chi connectivity index (χ3v) is 3.11. The Bertz CT molecular complexity index is 365. The Kier molecular flexibility index (Phi) is 3.46. The number of nitrogens with zero attached hydrogens (tertiary/aromatic N) is 1. The molecule has 1 aliphatic heterocycles. The van der Waals surface area contributed by atoms with E-state index in [4.69, 9.17) is 4.74 Å². The summed E-state index contributed by atoms with van der Waals surface area (Å²) in [5.74, 6) is 0. The highest BCUT2D eigenvalue weighted by molar-refractivity contribution is 5.56. The van der Waals surface area contributed by atoms with Gasteiger partial charge in [0.1, 0.15) is 0 Å². The van der Waals surface area contributed by atoms with Crippen LogP contribution in [0.25, 0.3) is 0 Å². The molecule has 1 N–H and O–H groups in total. The van der Waals surface area contributed by atoms with Gasteiger partial charge in [-0.1, -0.05) is 12.1 Å². The number of benzene rings is 1. The molecule has 0 aromatic heterocycles. The lowest BCUT2D eigenvalue weighted by Gasteiger charge is -2.37. The van der Waals surface area contributed by atoms with Gasteiger partial charge >= 0.3 is 0 Å². The molecule has 0 bridgehead atoms. The van der Waals surface area contributed by atoms with Gasteiger partial charge in [-0.15, -0.1) is 0 Å². The molecule has 88 valence electrons. The van der Waals surface area contributed by atoms with Crippen molar-refractivity contribution in [3.05, 3.63) is 29.3 Å². The van der Waals surface area contributed by atoms with E-state index in [9.17, 15) is 5.11 Å². The lowest BCUT2D eigenvalue weighted by Crippen LogP contribution is -2.48. The molecule has 3 nitrogen and oxygen atoms in total. The van der Waals surface area contributed by atoms with Crippen LogP contribution >= 0.6 is 0 Å². The molecule has 1 unspecified atom stereocenters. The Balaban J connectivity index is 2.30. The number of anilines is 1. The van der Waals surface area contributed by atoms with Gasteiger partial charge in [0.2, 0.25) is 0 Å². The van der Waals surface area contributed by atoms with Crippen LogP contribution in [-0.4, -0.2) is 37.5 Å². The van der Waals surface area contributed by atoms with Gasteiger partial charge in [0.05, 0.1) is 25.9 Å². The zero-order valence-electron chi connectivity index (χ0n) is 9.94. The average molecular weight is 221 g/mol. The SMILES string of the molecule is Cc1ccc(C)c(N2CCOCC2CO)c1. The highest BCUT2D eigenvalue weighted by atomic mass is 16.5. The number of morpholine rings is 1. The number of aryl methyl sites for hydroxylation is 2. The zero-order valence-corrected chi connectivity index (χ0v) is 9.94. The normalized spacial score (nSPS) is 21.2. The molecule has 1 aromatic carbocycles. The summed E-state index contributed by atoms with van der Waals surface area (Å²) in [5, 5.41) is 9.36. The van der Waals surface area contributed by atoms with Gasteiger partial charge in [-0.2, -0.15) is 0 Å². The molecular formula is C13H19NO2. The summed E-state index contributed by atoms with van der Waals surface area (Å²) in [6.07, 6.45) is 0. The fraction of sp³-hybridized carbons (Fsp3) is 0.538. The van der Waals surface area contributed by atoms with Crippen molar-refractivity contribution < 1.29 is 9.84 Å². The van der Waals surface area contributed by atoms with Crippen LogP contribution in [0.1, 0.15) is 11.1 Å². The van der Waals surface area contributed by atoms with Crippen LogP contribution in [0.3, 0.4) is 0 Å². The van der Waals surface area contributed by atoms with Crippen LogP contribution in [0.5, 0.6) is 0 Å². The van der Waals surface area contributed by atoms with Gasteiger partial charge in [-0.3, -0.25) is 0 Å². The summed E-state index contributed by atoms with van der Waals surface area (Å²) < 4.78 is 5.39. The Labute approximate surface area is 96.6 Å². The molecule has 0 amide bonds. The number of aliphatic hydroxyl groups is 1. The molecule has 1 aromatic rings.